The third-order valence-corrected chi connectivity index (χ3v) is 11.9. The second-order valence-electron chi connectivity index (χ2n) is 20.4. The van der Waals surface area contributed by atoms with Crippen molar-refractivity contribution in [2.75, 3.05) is 0 Å². The average Bonchev–Trinajstić information content (AvgIpc) is 4.01. The molecule has 0 unspecified atom stereocenters. The van der Waals surface area contributed by atoms with Gasteiger partial charge in [0.25, 0.3) is 0 Å². The van der Waals surface area contributed by atoms with Gasteiger partial charge in [0.1, 0.15) is 22.6 Å². The lowest BCUT2D eigenvalue weighted by Gasteiger charge is -2.30. The van der Waals surface area contributed by atoms with Gasteiger partial charge in [0.05, 0.1) is 0 Å². The van der Waals surface area contributed by atoms with Crippen LogP contribution in [0.5, 0.6) is 0 Å². The first-order valence-corrected chi connectivity index (χ1v) is 21.9. The molecular weight excluding hydrogens is 732 g/mol. The lowest BCUT2D eigenvalue weighted by molar-refractivity contribution is -0.120. The molecule has 0 radical (unpaired) electrons. The van der Waals surface area contributed by atoms with E-state index >= 15 is 0 Å². The molecule has 0 heterocycles. The van der Waals surface area contributed by atoms with Gasteiger partial charge in [0, 0.05) is 37.0 Å². The molecule has 3 amide bonds. The van der Waals surface area contributed by atoms with Crippen LogP contribution in [0, 0.1) is 10.8 Å². The van der Waals surface area contributed by atoms with E-state index in [9.17, 15) is 19.2 Å². The van der Waals surface area contributed by atoms with E-state index in [-0.39, 0.29) is 36.1 Å². The number of ketones is 1. The molecule has 0 aliphatic heterocycles. The normalized spacial score (nSPS) is 23.4. The summed E-state index contributed by atoms with van der Waals surface area (Å²) in [6, 6.07) is 1.29. The van der Waals surface area contributed by atoms with Crippen LogP contribution in [-0.2, 0) is 19.0 Å². The lowest BCUT2D eigenvalue weighted by atomic mass is 9.83. The fourth-order valence-corrected chi connectivity index (χ4v) is 7.96. The highest BCUT2D eigenvalue weighted by Crippen LogP contribution is 2.56. The smallest absolute Gasteiger partial charge is 0.407 e. The van der Waals surface area contributed by atoms with Crippen molar-refractivity contribution in [2.45, 2.75) is 232 Å². The highest BCUT2D eigenvalue weighted by Gasteiger charge is 2.45. The van der Waals surface area contributed by atoms with Crippen LogP contribution < -0.4 is 20.8 Å². The SMILES string of the molecule is C=C1CCC(NC(=O)OC(C)(C)C)CC1.CC(C)(C)OC(=O)NC1CCC(=O)CC1.CC(C)(C)OC(=O)NC1CCC2(CC1)CC2.ClNC1CCC2(CC1)CC2. The standard InChI is InChI=1S/C13H23NO2.C12H21NO2.C11H19NO3.C8H14ClN/c1-12(2,3)16-11(15)14-10-4-6-13(7-5-10)8-9-13;1-9-5-7-10(8-6-9)13-11(14)15-12(2,3)4;1-11(2,3)15-10(14)12-8-4-6-9(13)7-5-8;9-10-7-1-3-8(4-2-7)5-6-8/h10H,4-9H2,1-3H3,(H,14,15);10H,1,5-8H2,2-4H3,(H,13,14);8H,4-7H2,1-3H3,(H,12,14);7,10H,1-6H2. The van der Waals surface area contributed by atoms with Gasteiger partial charge >= 0.3 is 18.3 Å². The second kappa shape index (κ2) is 20.9. The molecule has 6 rings (SSSR count). The van der Waals surface area contributed by atoms with Gasteiger partial charge in [-0.25, -0.2) is 19.2 Å². The molecule has 0 aromatic rings. The van der Waals surface area contributed by atoms with E-state index < -0.39 is 16.8 Å². The van der Waals surface area contributed by atoms with Crippen LogP contribution in [0.1, 0.15) is 191 Å². The van der Waals surface area contributed by atoms with Gasteiger partial charge in [0.15, 0.2) is 0 Å². The zero-order chi connectivity index (χ0) is 41.8. The molecule has 0 bridgehead atoms. The Morgan fingerprint density at radius 1 is 0.518 bits per heavy atom. The monoisotopic (exact) mass is 809 g/mol. The van der Waals surface area contributed by atoms with Gasteiger partial charge in [-0.2, -0.15) is 0 Å². The topological polar surface area (TPSA) is 144 Å². The fraction of sp³-hybridized carbons (Fsp3) is 0.864. The Labute approximate surface area is 343 Å². The maximum atomic E-state index is 11.6. The Morgan fingerprint density at radius 3 is 1.09 bits per heavy atom. The molecule has 6 saturated carbocycles. The highest BCUT2D eigenvalue weighted by molar-refractivity contribution is 6.13. The van der Waals surface area contributed by atoms with Crippen LogP contribution in [0.2, 0.25) is 0 Å². The predicted molar refractivity (Wildman–Crippen MR) is 224 cm³/mol. The summed E-state index contributed by atoms with van der Waals surface area (Å²) < 4.78 is 15.6. The number of carbonyl (C=O) groups excluding carboxylic acids is 4. The first kappa shape index (κ1) is 47.8. The molecule has 6 aliphatic rings. The molecule has 11 nitrogen and oxygen atoms in total. The zero-order valence-electron chi connectivity index (χ0n) is 36.4. The minimum atomic E-state index is -0.464. The lowest BCUT2D eigenvalue weighted by Crippen LogP contribution is -2.41. The first-order chi connectivity index (χ1) is 26.0. The summed E-state index contributed by atoms with van der Waals surface area (Å²) in [5.74, 6) is 0.289. The van der Waals surface area contributed by atoms with Gasteiger partial charge < -0.3 is 30.2 Å². The van der Waals surface area contributed by atoms with E-state index in [1.54, 1.807) is 0 Å². The van der Waals surface area contributed by atoms with Crippen LogP contribution in [-0.4, -0.2) is 65.0 Å². The van der Waals surface area contributed by atoms with Crippen LogP contribution in [0.3, 0.4) is 0 Å². The molecule has 322 valence electrons. The fourth-order valence-electron chi connectivity index (χ4n) is 7.74. The number of allylic oxidation sites excluding steroid dienone is 1. The largest absolute Gasteiger partial charge is 0.444 e. The van der Waals surface area contributed by atoms with E-state index in [2.05, 4.69) is 27.4 Å². The number of alkyl carbamates (subject to hydrolysis) is 3. The number of ether oxygens (including phenoxy) is 3. The molecule has 4 N–H and O–H groups in total. The number of amides is 3. The molecule has 2 spiro atoms. The quantitative estimate of drug-likeness (QED) is 0.125. The van der Waals surface area contributed by atoms with Crippen molar-refractivity contribution in [1.82, 2.24) is 20.8 Å². The van der Waals surface area contributed by atoms with Crippen molar-refractivity contribution >= 4 is 35.8 Å². The number of rotatable bonds is 4. The summed E-state index contributed by atoms with van der Waals surface area (Å²) in [6.07, 6.45) is 21.7. The Balaban J connectivity index is 0.000000202. The third-order valence-electron chi connectivity index (χ3n) is 11.6. The molecule has 0 saturated heterocycles. The van der Waals surface area contributed by atoms with Gasteiger partial charge in [-0.1, -0.05) is 12.2 Å². The number of halogens is 1. The maximum absolute atomic E-state index is 11.6. The van der Waals surface area contributed by atoms with Gasteiger partial charge in [0.2, 0.25) is 0 Å². The first-order valence-electron chi connectivity index (χ1n) is 21.5. The molecule has 6 aliphatic carbocycles. The van der Waals surface area contributed by atoms with Gasteiger partial charge in [-0.15, -0.1) is 0 Å². The summed E-state index contributed by atoms with van der Waals surface area (Å²) in [5.41, 5.74) is 1.52. The maximum Gasteiger partial charge on any atom is 0.407 e. The summed E-state index contributed by atoms with van der Waals surface area (Å²) in [7, 11) is 0. The van der Waals surface area contributed by atoms with Gasteiger partial charge in [-0.05, 0) is 200 Å². The summed E-state index contributed by atoms with van der Waals surface area (Å²) in [5, 5.41) is 8.66. The Hall–Kier alpha value is -2.53. The van der Waals surface area contributed by atoms with Crippen molar-refractivity contribution in [3.63, 3.8) is 0 Å². The van der Waals surface area contributed by atoms with Crippen LogP contribution in [0.15, 0.2) is 12.2 Å². The van der Waals surface area contributed by atoms with E-state index in [0.717, 1.165) is 56.8 Å². The molecule has 6 fully saturated rings. The molecular formula is C44H77ClN4O7. The molecule has 12 heteroatoms. The number of hydrogen-bond acceptors (Lipinski definition) is 8. The zero-order valence-corrected chi connectivity index (χ0v) is 37.2. The summed E-state index contributed by atoms with van der Waals surface area (Å²) in [6.45, 7) is 20.7. The van der Waals surface area contributed by atoms with Crippen molar-refractivity contribution in [3.8, 4) is 0 Å². The molecule has 0 aromatic carbocycles. The van der Waals surface area contributed by atoms with E-state index in [0.29, 0.717) is 30.3 Å². The highest BCUT2D eigenvalue weighted by atomic mass is 35.5. The predicted octanol–water partition coefficient (Wildman–Crippen LogP) is 10.7. The Kier molecular flexibility index (Phi) is 17.9. The van der Waals surface area contributed by atoms with E-state index in [1.807, 2.05) is 62.3 Å². The minimum Gasteiger partial charge on any atom is -0.444 e. The summed E-state index contributed by atoms with van der Waals surface area (Å²) in [4.78, 5) is 48.2. The summed E-state index contributed by atoms with van der Waals surface area (Å²) >= 11 is 5.54. The molecule has 0 aromatic heterocycles. The van der Waals surface area contributed by atoms with Gasteiger partial charge in [-0.3, -0.25) is 4.79 Å². The Morgan fingerprint density at radius 2 is 0.804 bits per heavy atom. The number of Topliss-reactive ketones (excluding diaryl/α,β-unsaturated/α-hetero) is 1. The van der Waals surface area contributed by atoms with Crippen molar-refractivity contribution in [3.05, 3.63) is 12.2 Å². The van der Waals surface area contributed by atoms with E-state index in [1.165, 1.54) is 69.8 Å². The van der Waals surface area contributed by atoms with Crippen molar-refractivity contribution in [2.24, 2.45) is 10.8 Å². The Bertz CT molecular complexity index is 1220. The molecule has 56 heavy (non-hydrogen) atoms. The number of hydrogen-bond donors (Lipinski definition) is 4. The van der Waals surface area contributed by atoms with E-state index in [4.69, 9.17) is 26.0 Å². The van der Waals surface area contributed by atoms with Crippen LogP contribution in [0.25, 0.3) is 0 Å². The number of nitrogens with one attached hydrogen (secondary N) is 4. The third kappa shape index (κ3) is 20.2. The van der Waals surface area contributed by atoms with Crippen LogP contribution in [0.4, 0.5) is 14.4 Å². The minimum absolute atomic E-state index is 0.0950. The number of carbonyl (C=O) groups is 4. The van der Waals surface area contributed by atoms with Crippen molar-refractivity contribution < 1.29 is 33.4 Å². The molecule has 0 atom stereocenters. The second-order valence-corrected chi connectivity index (χ2v) is 20.7. The van der Waals surface area contributed by atoms with Crippen molar-refractivity contribution in [1.29, 1.82) is 0 Å². The average molecular weight is 810 g/mol. The van der Waals surface area contributed by atoms with Crippen LogP contribution >= 0.6 is 11.8 Å².